The lowest BCUT2D eigenvalue weighted by atomic mass is 10.0. The third kappa shape index (κ3) is 5.96. The van der Waals surface area contributed by atoms with Gasteiger partial charge < -0.3 is 16.0 Å². The molecule has 0 saturated heterocycles. The molecule has 2 aromatic carbocycles. The van der Waals surface area contributed by atoms with Crippen LogP contribution in [0.25, 0.3) is 16.9 Å². The number of carbonyl (C=O) groups excluding carboxylic acids is 1. The summed E-state index contributed by atoms with van der Waals surface area (Å²) in [7, 11) is 0. The van der Waals surface area contributed by atoms with Crippen LogP contribution in [0.3, 0.4) is 0 Å². The molecule has 0 unspecified atom stereocenters. The SMILES string of the molecule is Cc1cc(-c2cnc3c(NCCC(F)(F)F)cc(Nc4cccc(Cl)c4)nn23)ccc1C(=O)NC1CC1. The van der Waals surface area contributed by atoms with Crippen LogP contribution in [0.2, 0.25) is 5.02 Å². The summed E-state index contributed by atoms with van der Waals surface area (Å²) in [6.45, 7) is 1.55. The van der Waals surface area contributed by atoms with Crippen molar-refractivity contribution in [2.24, 2.45) is 0 Å². The van der Waals surface area contributed by atoms with E-state index in [1.165, 1.54) is 0 Å². The number of rotatable bonds is 8. The van der Waals surface area contributed by atoms with Crippen LogP contribution < -0.4 is 16.0 Å². The zero-order valence-electron chi connectivity index (χ0n) is 19.9. The van der Waals surface area contributed by atoms with Gasteiger partial charge in [0, 0.05) is 40.5 Å². The molecule has 0 spiro atoms. The third-order valence-electron chi connectivity index (χ3n) is 5.97. The zero-order chi connectivity index (χ0) is 26.2. The molecule has 3 N–H and O–H groups in total. The highest BCUT2D eigenvalue weighted by Crippen LogP contribution is 2.30. The van der Waals surface area contributed by atoms with Crippen molar-refractivity contribution >= 4 is 40.3 Å². The number of hydrogen-bond acceptors (Lipinski definition) is 5. The van der Waals surface area contributed by atoms with Gasteiger partial charge in [-0.1, -0.05) is 23.7 Å². The van der Waals surface area contributed by atoms with Crippen LogP contribution in [0.4, 0.5) is 30.4 Å². The van der Waals surface area contributed by atoms with Crippen LogP contribution >= 0.6 is 11.6 Å². The molecule has 0 aliphatic heterocycles. The number of nitrogens with one attached hydrogen (secondary N) is 3. The number of alkyl halides is 3. The lowest BCUT2D eigenvalue weighted by Gasteiger charge is -2.14. The van der Waals surface area contributed by atoms with Gasteiger partial charge in [0.05, 0.1) is 24.0 Å². The maximum Gasteiger partial charge on any atom is 0.390 e. The second-order valence-electron chi connectivity index (χ2n) is 9.03. The highest BCUT2D eigenvalue weighted by molar-refractivity contribution is 6.30. The van der Waals surface area contributed by atoms with Crippen molar-refractivity contribution in [3.8, 4) is 11.3 Å². The van der Waals surface area contributed by atoms with Crippen molar-refractivity contribution in [2.75, 3.05) is 17.2 Å². The number of aryl methyl sites for hydroxylation is 1. The molecular weight excluding hydrogens is 505 g/mol. The fourth-order valence-corrected chi connectivity index (χ4v) is 4.17. The average Bonchev–Trinajstić information content (AvgIpc) is 3.53. The number of nitrogens with zero attached hydrogens (tertiary/aromatic N) is 3. The quantitative estimate of drug-likeness (QED) is 0.248. The normalized spacial score (nSPS) is 13.5. The largest absolute Gasteiger partial charge is 0.390 e. The predicted molar refractivity (Wildman–Crippen MR) is 138 cm³/mol. The van der Waals surface area contributed by atoms with E-state index in [1.807, 2.05) is 19.1 Å². The molecule has 0 atom stereocenters. The Labute approximate surface area is 216 Å². The lowest BCUT2D eigenvalue weighted by molar-refractivity contribution is -0.131. The molecule has 0 bridgehead atoms. The molecule has 1 fully saturated rings. The van der Waals surface area contributed by atoms with Gasteiger partial charge in [0.25, 0.3) is 5.91 Å². The molecule has 1 amide bonds. The number of benzene rings is 2. The number of hydrogen-bond donors (Lipinski definition) is 3. The molecule has 11 heteroatoms. The van der Waals surface area contributed by atoms with Crippen molar-refractivity contribution in [3.05, 3.63) is 70.9 Å². The molecule has 4 aromatic rings. The molecule has 1 aliphatic rings. The van der Waals surface area contributed by atoms with Crippen LogP contribution in [0.1, 0.15) is 35.2 Å². The topological polar surface area (TPSA) is 83.3 Å². The summed E-state index contributed by atoms with van der Waals surface area (Å²) in [5.74, 6) is 0.285. The van der Waals surface area contributed by atoms with Crippen molar-refractivity contribution in [2.45, 2.75) is 38.4 Å². The summed E-state index contributed by atoms with van der Waals surface area (Å²) in [5.41, 5.74) is 4.22. The summed E-state index contributed by atoms with van der Waals surface area (Å²) in [6.07, 6.45) is -1.67. The summed E-state index contributed by atoms with van der Waals surface area (Å²) in [6, 6.07) is 14.3. The van der Waals surface area contributed by atoms with Crippen LogP contribution in [0.15, 0.2) is 54.7 Å². The Morgan fingerprint density at radius 3 is 2.68 bits per heavy atom. The van der Waals surface area contributed by atoms with E-state index in [4.69, 9.17) is 11.6 Å². The molecule has 37 heavy (non-hydrogen) atoms. The summed E-state index contributed by atoms with van der Waals surface area (Å²) in [4.78, 5) is 17.0. The number of carbonyl (C=O) groups is 1. The Balaban J connectivity index is 1.51. The molecule has 2 aromatic heterocycles. The number of aromatic nitrogens is 3. The van der Waals surface area contributed by atoms with Gasteiger partial charge in [-0.25, -0.2) is 9.50 Å². The van der Waals surface area contributed by atoms with Crippen LogP contribution in [-0.4, -0.2) is 39.3 Å². The van der Waals surface area contributed by atoms with Gasteiger partial charge in [-0.2, -0.15) is 13.2 Å². The molecule has 5 rings (SSSR count). The Kier molecular flexibility index (Phi) is 6.68. The minimum Gasteiger partial charge on any atom is -0.382 e. The molecule has 192 valence electrons. The Morgan fingerprint density at radius 2 is 1.97 bits per heavy atom. The number of anilines is 3. The van der Waals surface area contributed by atoms with Crippen LogP contribution in [-0.2, 0) is 0 Å². The maximum atomic E-state index is 12.8. The van der Waals surface area contributed by atoms with E-state index >= 15 is 0 Å². The van der Waals surface area contributed by atoms with E-state index in [2.05, 4.69) is 26.0 Å². The molecule has 1 saturated carbocycles. The van der Waals surface area contributed by atoms with Gasteiger partial charge >= 0.3 is 6.18 Å². The van der Waals surface area contributed by atoms with Crippen molar-refractivity contribution < 1.29 is 18.0 Å². The first-order valence-corrected chi connectivity index (χ1v) is 12.2. The number of halogens is 4. The number of imidazole rings is 1. The fourth-order valence-electron chi connectivity index (χ4n) is 3.98. The van der Waals surface area contributed by atoms with Gasteiger partial charge in [-0.15, -0.1) is 5.10 Å². The predicted octanol–water partition coefficient (Wildman–Crippen LogP) is 6.36. The van der Waals surface area contributed by atoms with E-state index in [0.29, 0.717) is 39.1 Å². The second-order valence-corrected chi connectivity index (χ2v) is 9.46. The molecule has 7 nitrogen and oxygen atoms in total. The maximum absolute atomic E-state index is 12.8. The minimum atomic E-state index is -4.29. The lowest BCUT2D eigenvalue weighted by Crippen LogP contribution is -2.26. The average molecular weight is 529 g/mol. The van der Waals surface area contributed by atoms with Gasteiger partial charge in [0.1, 0.15) is 0 Å². The summed E-state index contributed by atoms with van der Waals surface area (Å²) < 4.78 is 39.9. The first-order chi connectivity index (χ1) is 17.7. The van der Waals surface area contributed by atoms with E-state index in [-0.39, 0.29) is 18.5 Å². The van der Waals surface area contributed by atoms with E-state index in [0.717, 1.165) is 24.0 Å². The fraction of sp³-hybridized carbons (Fsp3) is 0.269. The Bertz CT molecular complexity index is 1460. The first kappa shape index (κ1) is 24.9. The van der Waals surface area contributed by atoms with Crippen molar-refractivity contribution in [1.82, 2.24) is 19.9 Å². The molecule has 1 aliphatic carbocycles. The Morgan fingerprint density at radius 1 is 1.16 bits per heavy atom. The Hall–Kier alpha value is -3.79. The first-order valence-electron chi connectivity index (χ1n) is 11.8. The van der Waals surface area contributed by atoms with Crippen LogP contribution in [0, 0.1) is 6.92 Å². The number of fused-ring (bicyclic) bond motifs is 1. The second kappa shape index (κ2) is 9.93. The monoisotopic (exact) mass is 528 g/mol. The zero-order valence-corrected chi connectivity index (χ0v) is 20.6. The summed E-state index contributed by atoms with van der Waals surface area (Å²) >= 11 is 6.09. The highest BCUT2D eigenvalue weighted by atomic mass is 35.5. The smallest absolute Gasteiger partial charge is 0.382 e. The standard InChI is InChI=1S/C26H24ClF3N6O/c1-15-11-16(5-8-20(15)25(37)34-18-6-7-18)22-14-32-24-21(31-10-9-26(28,29)30)13-23(35-36(22)24)33-19-4-2-3-17(27)12-19/h2-5,8,11-14,18,31H,6-7,9-10H2,1H3,(H,33,35)(H,34,37). The highest BCUT2D eigenvalue weighted by Gasteiger charge is 2.27. The van der Waals surface area contributed by atoms with Gasteiger partial charge in [0.15, 0.2) is 11.5 Å². The van der Waals surface area contributed by atoms with Gasteiger partial charge in [-0.05, 0) is 55.7 Å². The molecular formula is C26H24ClF3N6O. The van der Waals surface area contributed by atoms with E-state index < -0.39 is 12.6 Å². The molecule has 0 radical (unpaired) electrons. The van der Waals surface area contributed by atoms with Crippen LogP contribution in [0.5, 0.6) is 0 Å². The third-order valence-corrected chi connectivity index (χ3v) is 6.20. The van der Waals surface area contributed by atoms with Gasteiger partial charge in [0.2, 0.25) is 0 Å². The van der Waals surface area contributed by atoms with E-state index in [9.17, 15) is 18.0 Å². The van der Waals surface area contributed by atoms with Crippen molar-refractivity contribution in [3.63, 3.8) is 0 Å². The molecule has 2 heterocycles. The number of amides is 1. The van der Waals surface area contributed by atoms with Crippen molar-refractivity contribution in [1.29, 1.82) is 0 Å². The summed E-state index contributed by atoms with van der Waals surface area (Å²) in [5, 5.41) is 14.2. The van der Waals surface area contributed by atoms with Gasteiger partial charge in [-0.3, -0.25) is 4.79 Å². The van der Waals surface area contributed by atoms with E-state index in [1.54, 1.807) is 47.1 Å². The minimum absolute atomic E-state index is 0.105.